The molecule has 1 heterocycles. The Morgan fingerprint density at radius 1 is 1.62 bits per heavy atom. The fourth-order valence-electron chi connectivity index (χ4n) is 0.855. The van der Waals surface area contributed by atoms with Crippen molar-refractivity contribution in [2.45, 2.75) is 20.3 Å². The first kappa shape index (κ1) is 10.0. The molecule has 0 fully saturated rings. The van der Waals surface area contributed by atoms with E-state index in [2.05, 4.69) is 9.71 Å². The molecule has 0 radical (unpaired) electrons. The van der Waals surface area contributed by atoms with Crippen molar-refractivity contribution >= 4 is 16.0 Å². The van der Waals surface area contributed by atoms with Crippen LogP contribution in [0.25, 0.3) is 0 Å². The quantitative estimate of drug-likeness (QED) is 0.798. The Morgan fingerprint density at radius 3 is 2.77 bits per heavy atom. The van der Waals surface area contributed by atoms with Crippen molar-refractivity contribution in [1.82, 2.24) is 4.98 Å². The molecule has 1 aromatic heterocycles. The van der Waals surface area contributed by atoms with E-state index in [1.165, 1.54) is 6.20 Å². The number of aromatic nitrogens is 1. The van der Waals surface area contributed by atoms with Crippen LogP contribution in [0.15, 0.2) is 10.6 Å². The third kappa shape index (κ3) is 3.06. The van der Waals surface area contributed by atoms with E-state index in [-0.39, 0.29) is 11.8 Å². The smallest absolute Gasteiger partial charge is 0.308 e. The van der Waals surface area contributed by atoms with Gasteiger partial charge in [-0.25, -0.2) is 18.1 Å². The zero-order valence-corrected chi connectivity index (χ0v) is 8.39. The lowest BCUT2D eigenvalue weighted by Crippen LogP contribution is -2.16. The highest BCUT2D eigenvalue weighted by molar-refractivity contribution is 7.92. The van der Waals surface area contributed by atoms with Crippen LogP contribution >= 0.6 is 0 Å². The Kier molecular flexibility index (Phi) is 2.92. The van der Waals surface area contributed by atoms with E-state index in [1.54, 1.807) is 13.8 Å². The minimum atomic E-state index is -3.28. The van der Waals surface area contributed by atoms with Crippen molar-refractivity contribution in [3.05, 3.63) is 12.0 Å². The van der Waals surface area contributed by atoms with Gasteiger partial charge in [-0.15, -0.1) is 0 Å². The summed E-state index contributed by atoms with van der Waals surface area (Å²) in [5.41, 5.74) is 0. The van der Waals surface area contributed by atoms with Crippen LogP contribution in [0.2, 0.25) is 0 Å². The molecule has 13 heavy (non-hydrogen) atoms. The summed E-state index contributed by atoms with van der Waals surface area (Å²) in [6.45, 7) is 3.49. The molecule has 74 valence electrons. The van der Waals surface area contributed by atoms with Crippen LogP contribution in [0.5, 0.6) is 0 Å². The first-order valence-corrected chi connectivity index (χ1v) is 5.61. The molecule has 0 aliphatic rings. The van der Waals surface area contributed by atoms with Gasteiger partial charge in [0.2, 0.25) is 10.0 Å². The van der Waals surface area contributed by atoms with E-state index in [0.29, 0.717) is 12.2 Å². The highest BCUT2D eigenvalue weighted by Gasteiger charge is 2.11. The molecule has 5 nitrogen and oxygen atoms in total. The summed E-state index contributed by atoms with van der Waals surface area (Å²) < 4.78 is 29.6. The van der Waals surface area contributed by atoms with Crippen molar-refractivity contribution in [3.63, 3.8) is 0 Å². The lowest BCUT2D eigenvalue weighted by Gasteiger charge is -2.00. The van der Waals surface area contributed by atoms with Gasteiger partial charge in [-0.2, -0.15) is 0 Å². The average molecular weight is 204 g/mol. The highest BCUT2D eigenvalue weighted by atomic mass is 32.2. The van der Waals surface area contributed by atoms with Gasteiger partial charge in [-0.3, -0.25) is 0 Å². The SMILES string of the molecule is CCCS(=O)(=O)Nc1ncc(C)o1. The predicted molar refractivity (Wildman–Crippen MR) is 48.9 cm³/mol. The van der Waals surface area contributed by atoms with Crippen LogP contribution in [-0.4, -0.2) is 19.2 Å². The molecular formula is C7H12N2O3S. The standard InChI is InChI=1S/C7H12N2O3S/c1-3-4-13(10,11)9-7-8-5-6(2)12-7/h5H,3-4H2,1-2H3,(H,8,9). The molecule has 1 rings (SSSR count). The number of sulfonamides is 1. The second kappa shape index (κ2) is 3.78. The summed E-state index contributed by atoms with van der Waals surface area (Å²) in [7, 11) is -3.28. The first-order chi connectivity index (χ1) is 6.03. The van der Waals surface area contributed by atoms with E-state index >= 15 is 0 Å². The van der Waals surface area contributed by atoms with Gasteiger partial charge >= 0.3 is 6.01 Å². The molecule has 0 atom stereocenters. The number of anilines is 1. The van der Waals surface area contributed by atoms with Crippen LogP contribution in [-0.2, 0) is 10.0 Å². The summed E-state index contributed by atoms with van der Waals surface area (Å²) in [5.74, 6) is 0.656. The summed E-state index contributed by atoms with van der Waals surface area (Å²) in [4.78, 5) is 3.73. The van der Waals surface area contributed by atoms with Crippen LogP contribution in [0.4, 0.5) is 6.01 Å². The van der Waals surface area contributed by atoms with Crippen LogP contribution < -0.4 is 4.72 Å². The third-order valence-corrected chi connectivity index (χ3v) is 2.77. The maximum atomic E-state index is 11.2. The van der Waals surface area contributed by atoms with E-state index < -0.39 is 10.0 Å². The van der Waals surface area contributed by atoms with Crippen molar-refractivity contribution in [2.75, 3.05) is 10.5 Å². The fraction of sp³-hybridized carbons (Fsp3) is 0.571. The molecule has 0 amide bonds. The summed E-state index contributed by atoms with van der Waals surface area (Å²) in [5, 5.41) is 0. The molecule has 0 saturated carbocycles. The highest BCUT2D eigenvalue weighted by Crippen LogP contribution is 2.09. The minimum Gasteiger partial charge on any atom is -0.428 e. The molecule has 0 aliphatic carbocycles. The lowest BCUT2D eigenvalue weighted by atomic mass is 10.6. The Bertz CT molecular complexity index is 369. The summed E-state index contributed by atoms with van der Waals surface area (Å²) >= 11 is 0. The third-order valence-electron chi connectivity index (χ3n) is 1.34. The van der Waals surface area contributed by atoms with Gasteiger partial charge in [0, 0.05) is 0 Å². The second-order valence-electron chi connectivity index (χ2n) is 2.70. The predicted octanol–water partition coefficient (Wildman–Crippen LogP) is 1.13. The number of oxazole rings is 1. The van der Waals surface area contributed by atoms with Gasteiger partial charge < -0.3 is 4.42 Å². The fourth-order valence-corrected chi connectivity index (χ4v) is 1.85. The molecule has 0 unspecified atom stereocenters. The van der Waals surface area contributed by atoms with Crippen LogP contribution in [0.1, 0.15) is 19.1 Å². The number of rotatable bonds is 4. The largest absolute Gasteiger partial charge is 0.428 e. The number of nitrogens with one attached hydrogen (secondary N) is 1. The topological polar surface area (TPSA) is 72.2 Å². The molecule has 0 saturated heterocycles. The molecule has 0 spiro atoms. The number of aryl methyl sites for hydroxylation is 1. The van der Waals surface area contributed by atoms with Crippen LogP contribution in [0, 0.1) is 6.92 Å². The van der Waals surface area contributed by atoms with Gasteiger partial charge in [-0.1, -0.05) is 6.92 Å². The Balaban J connectivity index is 2.69. The molecule has 1 N–H and O–H groups in total. The minimum absolute atomic E-state index is 0.0333. The van der Waals surface area contributed by atoms with Gasteiger partial charge in [-0.05, 0) is 13.3 Å². The first-order valence-electron chi connectivity index (χ1n) is 3.96. The zero-order chi connectivity index (χ0) is 9.90. The van der Waals surface area contributed by atoms with Gasteiger partial charge in [0.15, 0.2) is 0 Å². The Morgan fingerprint density at radius 2 is 2.31 bits per heavy atom. The monoisotopic (exact) mass is 204 g/mol. The molecule has 1 aromatic rings. The summed E-state index contributed by atoms with van der Waals surface area (Å²) in [6.07, 6.45) is 2.03. The normalized spacial score (nSPS) is 11.5. The molecule has 0 bridgehead atoms. The van der Waals surface area contributed by atoms with Gasteiger partial charge in [0.1, 0.15) is 5.76 Å². The van der Waals surface area contributed by atoms with Gasteiger partial charge in [0.25, 0.3) is 0 Å². The summed E-state index contributed by atoms with van der Waals surface area (Å²) in [6, 6.07) is 0.0333. The van der Waals surface area contributed by atoms with Crippen molar-refractivity contribution in [2.24, 2.45) is 0 Å². The number of hydrogen-bond acceptors (Lipinski definition) is 4. The van der Waals surface area contributed by atoms with Crippen molar-refractivity contribution in [3.8, 4) is 0 Å². The van der Waals surface area contributed by atoms with E-state index in [4.69, 9.17) is 4.42 Å². The van der Waals surface area contributed by atoms with Crippen molar-refractivity contribution < 1.29 is 12.8 Å². The zero-order valence-electron chi connectivity index (χ0n) is 7.57. The maximum absolute atomic E-state index is 11.2. The van der Waals surface area contributed by atoms with Gasteiger partial charge in [0.05, 0.1) is 11.9 Å². The molecule has 6 heteroatoms. The molecule has 0 aromatic carbocycles. The Hall–Kier alpha value is -1.04. The molecule has 0 aliphatic heterocycles. The second-order valence-corrected chi connectivity index (χ2v) is 4.54. The lowest BCUT2D eigenvalue weighted by molar-refractivity contribution is 0.543. The Labute approximate surface area is 77.2 Å². The maximum Gasteiger partial charge on any atom is 0.308 e. The number of nitrogens with zero attached hydrogens (tertiary/aromatic N) is 1. The average Bonchev–Trinajstić information content (AvgIpc) is 2.34. The van der Waals surface area contributed by atoms with E-state index in [1.807, 2.05) is 0 Å². The number of hydrogen-bond donors (Lipinski definition) is 1. The van der Waals surface area contributed by atoms with E-state index in [9.17, 15) is 8.42 Å². The molecular weight excluding hydrogens is 192 g/mol. The van der Waals surface area contributed by atoms with Crippen molar-refractivity contribution in [1.29, 1.82) is 0 Å². The van der Waals surface area contributed by atoms with Crippen LogP contribution in [0.3, 0.4) is 0 Å². The van der Waals surface area contributed by atoms with E-state index in [0.717, 1.165) is 0 Å².